The van der Waals surface area contributed by atoms with Crippen molar-refractivity contribution in [3.8, 4) is 0 Å². The fraction of sp³-hybridized carbons (Fsp3) is 0.900. The molecule has 0 fully saturated rings. The van der Waals surface area contributed by atoms with Crippen LogP contribution in [-0.4, -0.2) is 17.0 Å². The van der Waals surface area contributed by atoms with Gasteiger partial charge in [-0.3, -0.25) is 4.79 Å². The van der Waals surface area contributed by atoms with E-state index in [2.05, 4.69) is 0 Å². The lowest BCUT2D eigenvalue weighted by molar-refractivity contribution is -0.122. The average molecular weight is 172 g/mol. The molecule has 0 saturated heterocycles. The number of aliphatic hydroxyl groups excluding tert-OH is 1. The van der Waals surface area contributed by atoms with E-state index in [4.69, 9.17) is 5.11 Å². The highest BCUT2D eigenvalue weighted by molar-refractivity contribution is 5.80. The van der Waals surface area contributed by atoms with Crippen molar-refractivity contribution in [2.75, 3.05) is 0 Å². The van der Waals surface area contributed by atoms with Crippen LogP contribution < -0.4 is 0 Å². The van der Waals surface area contributed by atoms with Crippen LogP contribution in [0.3, 0.4) is 0 Å². The third-order valence-corrected chi connectivity index (χ3v) is 2.06. The second kappa shape index (κ2) is 6.18. The molecule has 0 spiro atoms. The number of hydrogen-bond acceptors (Lipinski definition) is 2. The van der Waals surface area contributed by atoms with E-state index in [1.807, 2.05) is 13.8 Å². The van der Waals surface area contributed by atoms with Crippen LogP contribution >= 0.6 is 0 Å². The van der Waals surface area contributed by atoms with E-state index in [-0.39, 0.29) is 12.0 Å². The summed E-state index contributed by atoms with van der Waals surface area (Å²) in [5.41, 5.74) is 0. The Morgan fingerprint density at radius 1 is 1.33 bits per heavy atom. The van der Waals surface area contributed by atoms with Crippen LogP contribution in [0.25, 0.3) is 0 Å². The van der Waals surface area contributed by atoms with E-state index >= 15 is 0 Å². The summed E-state index contributed by atoms with van der Waals surface area (Å²) in [7, 11) is 0. The van der Waals surface area contributed by atoms with Crippen LogP contribution in [0.2, 0.25) is 0 Å². The first-order valence-electron chi connectivity index (χ1n) is 4.78. The standard InChI is InChI=1S/C10H20O2/c1-4-5-10(12)8(2)6-7-9(3)11/h8-9,11H,4-7H2,1-3H3. The molecule has 0 bridgehead atoms. The first-order chi connectivity index (χ1) is 5.57. The van der Waals surface area contributed by atoms with E-state index < -0.39 is 0 Å². The number of Topliss-reactive ketones (excluding diaryl/α,β-unsaturated/α-hetero) is 1. The first kappa shape index (κ1) is 11.6. The summed E-state index contributed by atoms with van der Waals surface area (Å²) >= 11 is 0. The Kier molecular flexibility index (Phi) is 5.99. The number of aliphatic hydroxyl groups is 1. The first-order valence-corrected chi connectivity index (χ1v) is 4.78. The SMILES string of the molecule is CCCC(=O)C(C)CCC(C)O. The van der Waals surface area contributed by atoms with Crippen molar-refractivity contribution in [2.45, 2.75) is 52.6 Å². The zero-order valence-electron chi connectivity index (χ0n) is 8.34. The normalized spacial score (nSPS) is 15.7. The lowest BCUT2D eigenvalue weighted by Crippen LogP contribution is -2.12. The van der Waals surface area contributed by atoms with Gasteiger partial charge in [-0.25, -0.2) is 0 Å². The second-order valence-electron chi connectivity index (χ2n) is 3.54. The van der Waals surface area contributed by atoms with E-state index in [1.54, 1.807) is 6.92 Å². The third kappa shape index (κ3) is 5.30. The molecule has 1 N–H and O–H groups in total. The van der Waals surface area contributed by atoms with Crippen molar-refractivity contribution in [1.29, 1.82) is 0 Å². The summed E-state index contributed by atoms with van der Waals surface area (Å²) in [4.78, 5) is 11.3. The van der Waals surface area contributed by atoms with Crippen molar-refractivity contribution < 1.29 is 9.90 Å². The van der Waals surface area contributed by atoms with Crippen molar-refractivity contribution in [1.82, 2.24) is 0 Å². The molecule has 0 heterocycles. The lowest BCUT2D eigenvalue weighted by atomic mass is 9.96. The van der Waals surface area contributed by atoms with Crippen molar-refractivity contribution in [2.24, 2.45) is 5.92 Å². The summed E-state index contributed by atoms with van der Waals surface area (Å²) < 4.78 is 0. The molecule has 72 valence electrons. The average Bonchev–Trinajstić information content (AvgIpc) is 2.00. The monoisotopic (exact) mass is 172 g/mol. The Balaban J connectivity index is 3.56. The highest BCUT2D eigenvalue weighted by Crippen LogP contribution is 2.11. The molecule has 0 aliphatic carbocycles. The summed E-state index contributed by atoms with van der Waals surface area (Å²) in [6.07, 6.45) is 2.88. The second-order valence-corrected chi connectivity index (χ2v) is 3.54. The topological polar surface area (TPSA) is 37.3 Å². The molecule has 0 aromatic rings. The Bertz CT molecular complexity index is 130. The van der Waals surface area contributed by atoms with Gasteiger partial charge in [0.05, 0.1) is 6.10 Å². The van der Waals surface area contributed by atoms with E-state index in [0.29, 0.717) is 12.2 Å². The van der Waals surface area contributed by atoms with Gasteiger partial charge < -0.3 is 5.11 Å². The molecule has 2 nitrogen and oxygen atoms in total. The molecule has 0 aromatic heterocycles. The van der Waals surface area contributed by atoms with Crippen molar-refractivity contribution in [3.05, 3.63) is 0 Å². The zero-order chi connectivity index (χ0) is 9.56. The van der Waals surface area contributed by atoms with Crippen molar-refractivity contribution >= 4 is 5.78 Å². The number of rotatable bonds is 6. The van der Waals surface area contributed by atoms with E-state index in [1.165, 1.54) is 0 Å². The minimum Gasteiger partial charge on any atom is -0.393 e. The van der Waals surface area contributed by atoms with Crippen LogP contribution in [0.5, 0.6) is 0 Å². The maximum atomic E-state index is 11.3. The minimum absolute atomic E-state index is 0.125. The predicted octanol–water partition coefficient (Wildman–Crippen LogP) is 2.15. The number of carbonyl (C=O) groups is 1. The molecule has 12 heavy (non-hydrogen) atoms. The highest BCUT2D eigenvalue weighted by atomic mass is 16.3. The minimum atomic E-state index is -0.276. The maximum Gasteiger partial charge on any atom is 0.135 e. The third-order valence-electron chi connectivity index (χ3n) is 2.06. The molecule has 0 aliphatic heterocycles. The number of carbonyl (C=O) groups excluding carboxylic acids is 1. The molecule has 0 saturated carbocycles. The smallest absolute Gasteiger partial charge is 0.135 e. The summed E-state index contributed by atoms with van der Waals surface area (Å²) in [5.74, 6) is 0.456. The van der Waals surface area contributed by atoms with Gasteiger partial charge in [0.1, 0.15) is 5.78 Å². The fourth-order valence-corrected chi connectivity index (χ4v) is 1.14. The van der Waals surface area contributed by atoms with Crippen LogP contribution in [-0.2, 0) is 4.79 Å². The molecule has 2 atom stereocenters. The van der Waals surface area contributed by atoms with Crippen molar-refractivity contribution in [3.63, 3.8) is 0 Å². The number of hydrogen-bond donors (Lipinski definition) is 1. The quantitative estimate of drug-likeness (QED) is 0.666. The molecule has 0 radical (unpaired) electrons. The fourth-order valence-electron chi connectivity index (χ4n) is 1.14. The molecular formula is C10H20O2. The molecule has 2 unspecified atom stereocenters. The maximum absolute atomic E-state index is 11.3. The van der Waals surface area contributed by atoms with Crippen LogP contribution in [0.15, 0.2) is 0 Å². The van der Waals surface area contributed by atoms with Gasteiger partial charge in [-0.2, -0.15) is 0 Å². The largest absolute Gasteiger partial charge is 0.393 e. The van der Waals surface area contributed by atoms with Gasteiger partial charge in [-0.15, -0.1) is 0 Å². The predicted molar refractivity (Wildman–Crippen MR) is 50.0 cm³/mol. The molecule has 0 aromatic carbocycles. The van der Waals surface area contributed by atoms with Gasteiger partial charge in [0.25, 0.3) is 0 Å². The Morgan fingerprint density at radius 2 is 1.92 bits per heavy atom. The van der Waals surface area contributed by atoms with Crippen LogP contribution in [0, 0.1) is 5.92 Å². The summed E-state index contributed by atoms with van der Waals surface area (Å²) in [6.45, 7) is 5.72. The summed E-state index contributed by atoms with van der Waals surface area (Å²) in [6, 6.07) is 0. The molecular weight excluding hydrogens is 152 g/mol. The van der Waals surface area contributed by atoms with Crippen LogP contribution in [0.1, 0.15) is 46.5 Å². The summed E-state index contributed by atoms with van der Waals surface area (Å²) in [5, 5.41) is 9.00. The number of ketones is 1. The van der Waals surface area contributed by atoms with E-state index in [9.17, 15) is 4.79 Å². The van der Waals surface area contributed by atoms with Gasteiger partial charge >= 0.3 is 0 Å². The highest BCUT2D eigenvalue weighted by Gasteiger charge is 2.11. The van der Waals surface area contributed by atoms with Gasteiger partial charge in [0, 0.05) is 12.3 Å². The zero-order valence-corrected chi connectivity index (χ0v) is 8.34. The molecule has 0 aliphatic rings. The Labute approximate surface area is 75.0 Å². The van der Waals surface area contributed by atoms with E-state index in [0.717, 1.165) is 19.3 Å². The Hall–Kier alpha value is -0.370. The van der Waals surface area contributed by atoms with Crippen LogP contribution in [0.4, 0.5) is 0 Å². The molecule has 0 rings (SSSR count). The van der Waals surface area contributed by atoms with Gasteiger partial charge in [0.15, 0.2) is 0 Å². The Morgan fingerprint density at radius 3 is 2.33 bits per heavy atom. The van der Waals surface area contributed by atoms with Gasteiger partial charge in [-0.1, -0.05) is 13.8 Å². The van der Waals surface area contributed by atoms with Gasteiger partial charge in [-0.05, 0) is 26.2 Å². The molecule has 0 amide bonds. The van der Waals surface area contributed by atoms with Gasteiger partial charge in [0.2, 0.25) is 0 Å². The lowest BCUT2D eigenvalue weighted by Gasteiger charge is -2.10. The molecule has 2 heteroatoms.